The van der Waals surface area contributed by atoms with Gasteiger partial charge in [-0.15, -0.1) is 0 Å². The quantitative estimate of drug-likeness (QED) is 0.263. The molecule has 0 aromatic carbocycles. The van der Waals surface area contributed by atoms with E-state index in [0.29, 0.717) is 51.6 Å². The van der Waals surface area contributed by atoms with Crippen LogP contribution in [0.15, 0.2) is 0 Å². The molecule has 0 spiro atoms. The molecule has 10 heteroatoms. The lowest BCUT2D eigenvalue weighted by atomic mass is 10.0. The van der Waals surface area contributed by atoms with Crippen LogP contribution in [0.5, 0.6) is 0 Å². The second kappa shape index (κ2) is 12.5. The summed E-state index contributed by atoms with van der Waals surface area (Å²) in [6.07, 6.45) is 3.02. The number of hydrogen-bond acceptors (Lipinski definition) is 6. The molecule has 0 aliphatic carbocycles. The lowest BCUT2D eigenvalue weighted by molar-refractivity contribution is -0.149. The molecule has 1 rings (SSSR count). The summed E-state index contributed by atoms with van der Waals surface area (Å²) in [5, 5.41) is 14.8. The lowest BCUT2D eigenvalue weighted by Crippen LogP contribution is -2.57. The first-order valence-electron chi connectivity index (χ1n) is 10.7. The molecule has 1 heterocycles. The van der Waals surface area contributed by atoms with Crippen LogP contribution in [-0.2, 0) is 19.2 Å². The van der Waals surface area contributed by atoms with Crippen molar-refractivity contribution in [1.82, 2.24) is 15.5 Å². The van der Waals surface area contributed by atoms with Gasteiger partial charge in [-0.05, 0) is 57.9 Å². The van der Waals surface area contributed by atoms with Gasteiger partial charge in [0.05, 0.1) is 6.04 Å². The van der Waals surface area contributed by atoms with Crippen LogP contribution in [0.1, 0.15) is 59.3 Å². The molecule has 1 saturated heterocycles. The van der Waals surface area contributed by atoms with Gasteiger partial charge in [0, 0.05) is 6.54 Å². The summed E-state index contributed by atoms with van der Waals surface area (Å²) in [4.78, 5) is 50.8. The van der Waals surface area contributed by atoms with E-state index >= 15 is 0 Å². The highest BCUT2D eigenvalue weighted by Gasteiger charge is 2.38. The highest BCUT2D eigenvalue weighted by molar-refractivity contribution is 5.94. The first-order chi connectivity index (χ1) is 14.1. The smallest absolute Gasteiger partial charge is 0.326 e. The molecule has 4 unspecified atom stereocenters. The van der Waals surface area contributed by atoms with E-state index in [9.17, 15) is 24.3 Å². The maximum Gasteiger partial charge on any atom is 0.326 e. The molecule has 172 valence electrons. The Hall–Kier alpha value is -2.20. The number of carboxylic acid groups (broad SMARTS) is 1. The number of likely N-dealkylation sites (tertiary alicyclic amines) is 1. The Morgan fingerprint density at radius 2 is 1.70 bits per heavy atom. The molecule has 3 amide bonds. The predicted molar refractivity (Wildman–Crippen MR) is 112 cm³/mol. The minimum Gasteiger partial charge on any atom is -0.480 e. The van der Waals surface area contributed by atoms with E-state index in [0.717, 1.165) is 0 Å². The number of rotatable bonds is 12. The first kappa shape index (κ1) is 25.8. The summed E-state index contributed by atoms with van der Waals surface area (Å²) in [5.41, 5.74) is 11.1. The van der Waals surface area contributed by atoms with E-state index in [4.69, 9.17) is 11.5 Å². The van der Waals surface area contributed by atoms with E-state index in [-0.39, 0.29) is 5.92 Å². The Kier molecular flexibility index (Phi) is 10.8. The number of hydrogen-bond donors (Lipinski definition) is 5. The summed E-state index contributed by atoms with van der Waals surface area (Å²) < 4.78 is 0. The average molecular weight is 428 g/mol. The van der Waals surface area contributed by atoms with Crippen molar-refractivity contribution in [3.8, 4) is 0 Å². The molecule has 7 N–H and O–H groups in total. The molecule has 0 aromatic rings. The van der Waals surface area contributed by atoms with Crippen LogP contribution in [-0.4, -0.2) is 71.0 Å². The van der Waals surface area contributed by atoms with E-state index in [2.05, 4.69) is 10.6 Å². The minimum atomic E-state index is -1.05. The molecule has 1 fully saturated rings. The Morgan fingerprint density at radius 3 is 2.23 bits per heavy atom. The van der Waals surface area contributed by atoms with Crippen molar-refractivity contribution in [2.75, 3.05) is 13.1 Å². The molecule has 0 radical (unpaired) electrons. The number of carbonyl (C=O) groups is 4. The first-order valence-corrected chi connectivity index (χ1v) is 10.7. The normalized spacial score (nSPS) is 19.3. The largest absolute Gasteiger partial charge is 0.480 e. The van der Waals surface area contributed by atoms with Gasteiger partial charge in [0.2, 0.25) is 17.7 Å². The predicted octanol–water partition coefficient (Wildman–Crippen LogP) is -0.446. The molecule has 0 bridgehead atoms. The Morgan fingerprint density at radius 1 is 1.07 bits per heavy atom. The van der Waals surface area contributed by atoms with Gasteiger partial charge < -0.3 is 32.1 Å². The van der Waals surface area contributed by atoms with Crippen molar-refractivity contribution in [2.45, 2.75) is 83.5 Å². The van der Waals surface area contributed by atoms with Crippen LogP contribution in [0, 0.1) is 5.92 Å². The molecule has 1 aliphatic rings. The minimum absolute atomic E-state index is 0.121. The van der Waals surface area contributed by atoms with Crippen molar-refractivity contribution in [3.05, 3.63) is 0 Å². The number of nitrogens with two attached hydrogens (primary N) is 2. The third-order valence-electron chi connectivity index (χ3n) is 5.14. The van der Waals surface area contributed by atoms with Gasteiger partial charge in [-0.25, -0.2) is 4.79 Å². The molecule has 0 aromatic heterocycles. The SMILES string of the molecule is CC(C)CC(NC(=O)C(C)N)C(=O)NC(CCCCN)C(=O)N1CCCC1C(=O)O. The van der Waals surface area contributed by atoms with Crippen LogP contribution < -0.4 is 22.1 Å². The van der Waals surface area contributed by atoms with Crippen LogP contribution >= 0.6 is 0 Å². The van der Waals surface area contributed by atoms with Crippen molar-refractivity contribution in [2.24, 2.45) is 17.4 Å². The fourth-order valence-corrected chi connectivity index (χ4v) is 3.52. The third kappa shape index (κ3) is 7.91. The van der Waals surface area contributed by atoms with Gasteiger partial charge in [-0.1, -0.05) is 13.8 Å². The second-order valence-corrected chi connectivity index (χ2v) is 8.35. The van der Waals surface area contributed by atoms with Crippen LogP contribution in [0.2, 0.25) is 0 Å². The van der Waals surface area contributed by atoms with Gasteiger partial charge in [0.15, 0.2) is 0 Å². The summed E-state index contributed by atoms with van der Waals surface area (Å²) in [7, 11) is 0. The van der Waals surface area contributed by atoms with Gasteiger partial charge in [0.25, 0.3) is 0 Å². The molecule has 10 nitrogen and oxygen atoms in total. The van der Waals surface area contributed by atoms with Crippen LogP contribution in [0.25, 0.3) is 0 Å². The van der Waals surface area contributed by atoms with E-state index in [1.54, 1.807) is 0 Å². The van der Waals surface area contributed by atoms with Gasteiger partial charge >= 0.3 is 5.97 Å². The highest BCUT2D eigenvalue weighted by Crippen LogP contribution is 2.20. The number of carbonyl (C=O) groups excluding carboxylic acids is 3. The van der Waals surface area contributed by atoms with Gasteiger partial charge in [-0.2, -0.15) is 0 Å². The maximum atomic E-state index is 13.1. The zero-order valence-electron chi connectivity index (χ0n) is 18.2. The standard InChI is InChI=1S/C20H37N5O5/c1-12(2)11-15(24-17(26)13(3)22)18(27)23-14(7-4-5-9-21)19(28)25-10-6-8-16(25)20(29)30/h12-16H,4-11,21-22H2,1-3H3,(H,23,27)(H,24,26)(H,29,30). The Labute approximate surface area is 178 Å². The number of aliphatic carboxylic acids is 1. The van der Waals surface area contributed by atoms with E-state index < -0.39 is 47.9 Å². The summed E-state index contributed by atoms with van der Waals surface area (Å²) in [6.45, 7) is 6.17. The monoisotopic (exact) mass is 427 g/mol. The number of unbranched alkanes of at least 4 members (excludes halogenated alkanes) is 1. The van der Waals surface area contributed by atoms with Crippen LogP contribution in [0.3, 0.4) is 0 Å². The lowest BCUT2D eigenvalue weighted by Gasteiger charge is -2.29. The Bertz CT molecular complexity index is 610. The van der Waals surface area contributed by atoms with E-state index in [1.165, 1.54) is 11.8 Å². The zero-order valence-corrected chi connectivity index (χ0v) is 18.2. The van der Waals surface area contributed by atoms with Crippen molar-refractivity contribution in [1.29, 1.82) is 0 Å². The van der Waals surface area contributed by atoms with Crippen molar-refractivity contribution < 1.29 is 24.3 Å². The molecular formula is C20H37N5O5. The number of nitrogens with one attached hydrogen (secondary N) is 2. The zero-order chi connectivity index (χ0) is 22.8. The fourth-order valence-electron chi connectivity index (χ4n) is 3.52. The molecule has 0 saturated carbocycles. The number of amides is 3. The summed E-state index contributed by atoms with van der Waals surface area (Å²) in [6, 6.07) is -3.35. The maximum absolute atomic E-state index is 13.1. The van der Waals surface area contributed by atoms with Gasteiger partial charge in [0.1, 0.15) is 18.1 Å². The highest BCUT2D eigenvalue weighted by atomic mass is 16.4. The number of carboxylic acids is 1. The molecule has 30 heavy (non-hydrogen) atoms. The van der Waals surface area contributed by atoms with Crippen molar-refractivity contribution >= 4 is 23.7 Å². The van der Waals surface area contributed by atoms with Crippen molar-refractivity contribution in [3.63, 3.8) is 0 Å². The third-order valence-corrected chi connectivity index (χ3v) is 5.14. The number of nitrogens with zero attached hydrogens (tertiary/aromatic N) is 1. The summed E-state index contributed by atoms with van der Waals surface area (Å²) >= 11 is 0. The Balaban J connectivity index is 2.96. The molecule has 1 aliphatic heterocycles. The van der Waals surface area contributed by atoms with E-state index in [1.807, 2.05) is 13.8 Å². The molecular weight excluding hydrogens is 390 g/mol. The van der Waals surface area contributed by atoms with Gasteiger partial charge in [-0.3, -0.25) is 14.4 Å². The summed E-state index contributed by atoms with van der Waals surface area (Å²) in [5.74, 6) is -2.26. The topological polar surface area (TPSA) is 168 Å². The average Bonchev–Trinajstić information content (AvgIpc) is 3.15. The fraction of sp³-hybridized carbons (Fsp3) is 0.800. The second-order valence-electron chi connectivity index (χ2n) is 8.35. The molecule has 4 atom stereocenters. The van der Waals surface area contributed by atoms with Crippen LogP contribution in [0.4, 0.5) is 0 Å².